The van der Waals surface area contributed by atoms with E-state index in [1.165, 1.54) is 24.1 Å². The fourth-order valence-electron chi connectivity index (χ4n) is 3.32. The van der Waals surface area contributed by atoms with Crippen LogP contribution in [0.2, 0.25) is 0 Å². The van der Waals surface area contributed by atoms with E-state index in [1.54, 1.807) is 0 Å². The summed E-state index contributed by atoms with van der Waals surface area (Å²) in [5, 5.41) is 3.62. The van der Waals surface area contributed by atoms with Gasteiger partial charge in [0.2, 0.25) is 0 Å². The largest absolute Gasteiger partial charge is 0.494 e. The summed E-state index contributed by atoms with van der Waals surface area (Å²) >= 11 is 0. The maximum atomic E-state index is 6.06. The predicted molar refractivity (Wildman–Crippen MR) is 81.3 cm³/mol. The molecule has 3 nitrogen and oxygen atoms in total. The molecule has 3 atom stereocenters. The smallest absolute Gasteiger partial charge is 0.119 e. The third-order valence-corrected chi connectivity index (χ3v) is 4.49. The molecule has 3 rings (SSSR count). The molecule has 2 heterocycles. The molecule has 20 heavy (non-hydrogen) atoms. The van der Waals surface area contributed by atoms with Gasteiger partial charge in [0.15, 0.2) is 0 Å². The van der Waals surface area contributed by atoms with Crippen molar-refractivity contribution in [1.82, 2.24) is 0 Å². The molecular weight excluding hydrogens is 250 g/mol. The number of rotatable bonds is 4. The highest BCUT2D eigenvalue weighted by molar-refractivity contribution is 5.58. The van der Waals surface area contributed by atoms with Crippen LogP contribution in [0.25, 0.3) is 0 Å². The quantitative estimate of drug-likeness (QED) is 0.837. The van der Waals surface area contributed by atoms with Gasteiger partial charge < -0.3 is 14.8 Å². The van der Waals surface area contributed by atoms with Crippen LogP contribution in [0.15, 0.2) is 18.2 Å². The van der Waals surface area contributed by atoms with Crippen LogP contribution in [0.1, 0.15) is 51.2 Å². The van der Waals surface area contributed by atoms with Crippen molar-refractivity contribution in [2.45, 2.75) is 51.7 Å². The molecule has 1 saturated heterocycles. The first kappa shape index (κ1) is 13.7. The van der Waals surface area contributed by atoms with E-state index in [0.717, 1.165) is 31.8 Å². The minimum absolute atomic E-state index is 0.240. The summed E-state index contributed by atoms with van der Waals surface area (Å²) in [4.78, 5) is 0. The van der Waals surface area contributed by atoms with Gasteiger partial charge in [0, 0.05) is 29.8 Å². The maximum absolute atomic E-state index is 6.06. The van der Waals surface area contributed by atoms with Crippen molar-refractivity contribution in [3.8, 4) is 5.75 Å². The number of ether oxygens (including phenoxy) is 2. The molecule has 0 radical (unpaired) electrons. The van der Waals surface area contributed by atoms with E-state index in [0.29, 0.717) is 12.0 Å². The van der Waals surface area contributed by atoms with Gasteiger partial charge in [-0.25, -0.2) is 0 Å². The number of unbranched alkanes of at least 4 members (excludes halogenated alkanes) is 1. The van der Waals surface area contributed by atoms with Crippen molar-refractivity contribution in [2.75, 3.05) is 18.5 Å². The van der Waals surface area contributed by atoms with E-state index < -0.39 is 0 Å². The Morgan fingerprint density at radius 1 is 1.40 bits per heavy atom. The summed E-state index contributed by atoms with van der Waals surface area (Å²) in [6, 6.07) is 6.87. The molecule has 3 heteroatoms. The molecule has 1 aromatic rings. The molecule has 1 fully saturated rings. The Bertz CT molecular complexity index is 460. The first-order valence-electron chi connectivity index (χ1n) is 7.94. The standard InChI is InChI=1S/C17H25NO2/c1-3-4-9-19-13-7-8-16-15(11-13)17-14(12(2)18-16)6-5-10-20-17/h7-8,11-12,14,17-18H,3-6,9-10H2,1-2H3/t12-,14-,17-/m0/s1. The van der Waals surface area contributed by atoms with Crippen LogP contribution in [-0.2, 0) is 4.74 Å². The number of fused-ring (bicyclic) bond motifs is 3. The first-order valence-corrected chi connectivity index (χ1v) is 7.94. The highest BCUT2D eigenvalue weighted by Crippen LogP contribution is 2.44. The molecule has 1 N–H and O–H groups in total. The second-order valence-electron chi connectivity index (χ2n) is 5.98. The Kier molecular flexibility index (Phi) is 4.16. The second-order valence-corrected chi connectivity index (χ2v) is 5.98. The van der Waals surface area contributed by atoms with E-state index in [4.69, 9.17) is 9.47 Å². The van der Waals surface area contributed by atoms with Crippen molar-refractivity contribution < 1.29 is 9.47 Å². The molecule has 0 aromatic heterocycles. The van der Waals surface area contributed by atoms with Crippen molar-refractivity contribution in [3.63, 3.8) is 0 Å². The summed E-state index contributed by atoms with van der Waals surface area (Å²) < 4.78 is 11.9. The molecule has 0 bridgehead atoms. The van der Waals surface area contributed by atoms with Crippen LogP contribution >= 0.6 is 0 Å². The van der Waals surface area contributed by atoms with Crippen LogP contribution < -0.4 is 10.1 Å². The van der Waals surface area contributed by atoms with Crippen LogP contribution in [-0.4, -0.2) is 19.3 Å². The average Bonchev–Trinajstić information content (AvgIpc) is 2.48. The van der Waals surface area contributed by atoms with Gasteiger partial charge >= 0.3 is 0 Å². The van der Waals surface area contributed by atoms with Crippen LogP contribution in [0, 0.1) is 5.92 Å². The number of hydrogen-bond acceptors (Lipinski definition) is 3. The van der Waals surface area contributed by atoms with E-state index >= 15 is 0 Å². The number of anilines is 1. The summed E-state index contributed by atoms with van der Waals surface area (Å²) in [6.45, 7) is 6.13. The Morgan fingerprint density at radius 3 is 3.15 bits per heavy atom. The molecule has 0 saturated carbocycles. The van der Waals surface area contributed by atoms with Crippen LogP contribution in [0.5, 0.6) is 5.75 Å². The third-order valence-electron chi connectivity index (χ3n) is 4.49. The van der Waals surface area contributed by atoms with E-state index in [-0.39, 0.29) is 6.10 Å². The zero-order chi connectivity index (χ0) is 13.9. The molecule has 2 aliphatic heterocycles. The number of hydrogen-bond donors (Lipinski definition) is 1. The summed E-state index contributed by atoms with van der Waals surface area (Å²) in [5.74, 6) is 1.56. The average molecular weight is 275 g/mol. The summed E-state index contributed by atoms with van der Waals surface area (Å²) in [6.07, 6.45) is 4.94. The monoisotopic (exact) mass is 275 g/mol. The van der Waals surface area contributed by atoms with Gasteiger partial charge in [-0.05, 0) is 44.4 Å². The van der Waals surface area contributed by atoms with Gasteiger partial charge in [0.05, 0.1) is 12.7 Å². The SMILES string of the molecule is CCCCOc1ccc2c(c1)[C@H]1OCCC[C@H]1[C@H](C)N2. The van der Waals surface area contributed by atoms with E-state index in [2.05, 4.69) is 37.4 Å². The molecule has 110 valence electrons. The molecule has 0 unspecified atom stereocenters. The second kappa shape index (κ2) is 6.04. The number of benzene rings is 1. The lowest BCUT2D eigenvalue weighted by Gasteiger charge is -2.42. The lowest BCUT2D eigenvalue weighted by atomic mass is 9.81. The molecule has 1 aromatic carbocycles. The van der Waals surface area contributed by atoms with Gasteiger partial charge in [-0.2, -0.15) is 0 Å². The predicted octanol–water partition coefficient (Wildman–Crippen LogP) is 4.15. The van der Waals surface area contributed by atoms with Gasteiger partial charge in [-0.3, -0.25) is 0 Å². The fraction of sp³-hybridized carbons (Fsp3) is 0.647. The lowest BCUT2D eigenvalue weighted by Crippen LogP contribution is -2.39. The van der Waals surface area contributed by atoms with Gasteiger partial charge in [0.1, 0.15) is 5.75 Å². The van der Waals surface area contributed by atoms with Crippen molar-refractivity contribution in [2.24, 2.45) is 5.92 Å². The zero-order valence-corrected chi connectivity index (χ0v) is 12.5. The Labute approximate surface area is 121 Å². The highest BCUT2D eigenvalue weighted by atomic mass is 16.5. The van der Waals surface area contributed by atoms with Gasteiger partial charge in [-0.15, -0.1) is 0 Å². The number of nitrogens with one attached hydrogen (secondary N) is 1. The molecule has 0 amide bonds. The van der Waals surface area contributed by atoms with Gasteiger partial charge in [-0.1, -0.05) is 13.3 Å². The van der Waals surface area contributed by atoms with Crippen molar-refractivity contribution in [3.05, 3.63) is 23.8 Å². The highest BCUT2D eigenvalue weighted by Gasteiger charge is 2.37. The normalized spacial score (nSPS) is 28.2. The molecule has 0 aliphatic carbocycles. The van der Waals surface area contributed by atoms with Crippen molar-refractivity contribution in [1.29, 1.82) is 0 Å². The lowest BCUT2D eigenvalue weighted by molar-refractivity contribution is -0.0359. The third kappa shape index (κ3) is 2.64. The summed E-state index contributed by atoms with van der Waals surface area (Å²) in [5.41, 5.74) is 2.49. The van der Waals surface area contributed by atoms with Gasteiger partial charge in [0.25, 0.3) is 0 Å². The minimum Gasteiger partial charge on any atom is -0.494 e. The van der Waals surface area contributed by atoms with E-state index in [1.807, 2.05) is 0 Å². The maximum Gasteiger partial charge on any atom is 0.119 e. The molecule has 2 aliphatic rings. The fourth-order valence-corrected chi connectivity index (χ4v) is 3.32. The van der Waals surface area contributed by atoms with Crippen molar-refractivity contribution >= 4 is 5.69 Å². The Morgan fingerprint density at radius 2 is 2.30 bits per heavy atom. The zero-order valence-electron chi connectivity index (χ0n) is 12.5. The Hall–Kier alpha value is -1.22. The van der Waals surface area contributed by atoms with Crippen LogP contribution in [0.4, 0.5) is 5.69 Å². The first-order chi connectivity index (χ1) is 9.79. The molecule has 0 spiro atoms. The molecular formula is C17H25NO2. The minimum atomic E-state index is 0.240. The Balaban J connectivity index is 1.81. The summed E-state index contributed by atoms with van der Waals surface area (Å²) in [7, 11) is 0. The van der Waals surface area contributed by atoms with Crippen LogP contribution in [0.3, 0.4) is 0 Å². The van der Waals surface area contributed by atoms with E-state index in [9.17, 15) is 0 Å². The topological polar surface area (TPSA) is 30.5 Å².